The zero-order valence-electron chi connectivity index (χ0n) is 19.5. The molecule has 2 aromatic rings. The number of carbonyl (C=O) groups excluding carboxylic acids is 1. The molecule has 0 saturated carbocycles. The van der Waals surface area contributed by atoms with Crippen molar-refractivity contribution in [3.63, 3.8) is 0 Å². The molecule has 1 amide bonds. The van der Waals surface area contributed by atoms with E-state index in [4.69, 9.17) is 0 Å². The molecule has 0 spiro atoms. The minimum absolute atomic E-state index is 0.209. The van der Waals surface area contributed by atoms with Gasteiger partial charge in [-0.1, -0.05) is 24.3 Å². The van der Waals surface area contributed by atoms with E-state index in [1.54, 1.807) is 0 Å². The van der Waals surface area contributed by atoms with Crippen LogP contribution in [0.2, 0.25) is 0 Å². The second-order valence-electron chi connectivity index (χ2n) is 8.41. The molecule has 0 saturated heterocycles. The van der Waals surface area contributed by atoms with E-state index in [1.807, 2.05) is 28.8 Å². The summed E-state index contributed by atoms with van der Waals surface area (Å²) in [5, 5.41) is 11.3. The molecule has 1 unspecified atom stereocenters. The number of benzene rings is 1. The third-order valence-corrected chi connectivity index (χ3v) is 5.91. The summed E-state index contributed by atoms with van der Waals surface area (Å²) in [7, 11) is 1.98. The van der Waals surface area contributed by atoms with Gasteiger partial charge >= 0.3 is 0 Å². The van der Waals surface area contributed by atoms with Crippen LogP contribution in [-0.2, 0) is 31.4 Å². The fourth-order valence-electron chi connectivity index (χ4n) is 4.11. The van der Waals surface area contributed by atoms with Crippen molar-refractivity contribution in [2.24, 2.45) is 12.0 Å². The van der Waals surface area contributed by atoms with Gasteiger partial charge in [0.25, 0.3) is 0 Å². The molecular weight excluding hydrogens is 388 g/mol. The second kappa shape index (κ2) is 10.5. The van der Waals surface area contributed by atoms with Gasteiger partial charge in [0.05, 0.1) is 5.69 Å². The monoisotopic (exact) mass is 424 g/mol. The molecule has 1 aliphatic rings. The van der Waals surface area contributed by atoms with Gasteiger partial charge in [-0.15, -0.1) is 0 Å². The Morgan fingerprint density at radius 2 is 1.90 bits per heavy atom. The van der Waals surface area contributed by atoms with E-state index in [2.05, 4.69) is 60.6 Å². The number of aryl methyl sites for hydroxylation is 2. The van der Waals surface area contributed by atoms with Crippen LogP contribution in [0.25, 0.3) is 0 Å². The van der Waals surface area contributed by atoms with E-state index in [9.17, 15) is 4.79 Å². The Kier molecular flexibility index (Phi) is 7.71. The number of rotatable bonds is 8. The molecule has 2 N–H and O–H groups in total. The molecule has 2 heterocycles. The number of hydrogen-bond donors (Lipinski definition) is 2. The van der Waals surface area contributed by atoms with Crippen LogP contribution in [0.15, 0.2) is 29.3 Å². The molecule has 1 aromatic heterocycles. The highest BCUT2D eigenvalue weighted by molar-refractivity contribution is 5.80. The number of aliphatic imine (C=N–C) groups is 1. The lowest BCUT2D eigenvalue weighted by atomic mass is 10.1. The van der Waals surface area contributed by atoms with Crippen LogP contribution in [0.3, 0.4) is 0 Å². The van der Waals surface area contributed by atoms with Crippen LogP contribution >= 0.6 is 0 Å². The Morgan fingerprint density at radius 1 is 1.23 bits per heavy atom. The van der Waals surface area contributed by atoms with Gasteiger partial charge in [0, 0.05) is 51.4 Å². The number of amides is 1. The van der Waals surface area contributed by atoms with Gasteiger partial charge in [0.2, 0.25) is 5.91 Å². The zero-order chi connectivity index (χ0) is 22.4. The molecule has 1 aliphatic heterocycles. The molecule has 0 aliphatic carbocycles. The number of hydrogen-bond acceptors (Lipinski definition) is 3. The summed E-state index contributed by atoms with van der Waals surface area (Å²) in [6.45, 7) is 11.3. The summed E-state index contributed by atoms with van der Waals surface area (Å²) < 4.78 is 1.94. The van der Waals surface area contributed by atoms with Crippen molar-refractivity contribution >= 4 is 11.9 Å². The third-order valence-electron chi connectivity index (χ3n) is 5.91. The number of aromatic nitrogens is 2. The van der Waals surface area contributed by atoms with Crippen molar-refractivity contribution in [3.05, 3.63) is 52.3 Å². The highest BCUT2D eigenvalue weighted by Crippen LogP contribution is 2.23. The first kappa shape index (κ1) is 22.8. The maximum Gasteiger partial charge on any atom is 0.223 e. The summed E-state index contributed by atoms with van der Waals surface area (Å²) >= 11 is 0. The van der Waals surface area contributed by atoms with E-state index in [0.29, 0.717) is 13.0 Å². The van der Waals surface area contributed by atoms with Gasteiger partial charge in [0.15, 0.2) is 5.96 Å². The summed E-state index contributed by atoms with van der Waals surface area (Å²) in [5.74, 6) is 1.01. The van der Waals surface area contributed by atoms with Gasteiger partial charge in [-0.2, -0.15) is 5.10 Å². The molecule has 1 atom stereocenters. The normalized spacial score (nSPS) is 14.5. The SMILES string of the molecule is CCNC(=NCCCC(=O)N1Cc2ccccc2C1)NC(C)Cc1c(C)nn(C)c1C. The maximum atomic E-state index is 12.6. The molecule has 7 nitrogen and oxygen atoms in total. The topological polar surface area (TPSA) is 74.6 Å². The first-order valence-corrected chi connectivity index (χ1v) is 11.3. The van der Waals surface area contributed by atoms with Crippen molar-refractivity contribution in [1.29, 1.82) is 0 Å². The van der Waals surface area contributed by atoms with Crippen molar-refractivity contribution < 1.29 is 4.79 Å². The average Bonchev–Trinajstić information content (AvgIpc) is 3.27. The van der Waals surface area contributed by atoms with Crippen LogP contribution < -0.4 is 10.6 Å². The van der Waals surface area contributed by atoms with Crippen molar-refractivity contribution in [3.8, 4) is 0 Å². The Morgan fingerprint density at radius 3 is 2.48 bits per heavy atom. The predicted molar refractivity (Wildman–Crippen MR) is 125 cm³/mol. The first-order valence-electron chi connectivity index (χ1n) is 11.3. The number of nitrogens with one attached hydrogen (secondary N) is 2. The highest BCUT2D eigenvalue weighted by Gasteiger charge is 2.22. The number of carbonyl (C=O) groups is 1. The minimum Gasteiger partial charge on any atom is -0.357 e. The van der Waals surface area contributed by atoms with Gasteiger partial charge in [-0.25, -0.2) is 0 Å². The van der Waals surface area contributed by atoms with Crippen LogP contribution in [0.5, 0.6) is 0 Å². The van der Waals surface area contributed by atoms with Gasteiger partial charge < -0.3 is 15.5 Å². The average molecular weight is 425 g/mol. The van der Waals surface area contributed by atoms with Gasteiger partial charge in [-0.3, -0.25) is 14.5 Å². The lowest BCUT2D eigenvalue weighted by Gasteiger charge is -2.18. The number of guanidine groups is 1. The molecule has 3 rings (SSSR count). The lowest BCUT2D eigenvalue weighted by Crippen LogP contribution is -2.43. The van der Waals surface area contributed by atoms with E-state index in [1.165, 1.54) is 22.4 Å². The van der Waals surface area contributed by atoms with E-state index in [0.717, 1.165) is 44.1 Å². The fraction of sp³-hybridized carbons (Fsp3) is 0.542. The standard InChI is InChI=1S/C24H36N6O/c1-6-25-24(27-17(2)14-22-18(3)28-29(5)19(22)4)26-13-9-12-23(31)30-15-20-10-7-8-11-21(20)16-30/h7-8,10-11,17H,6,9,12-16H2,1-5H3,(H2,25,26,27). The largest absolute Gasteiger partial charge is 0.357 e. The molecule has 7 heteroatoms. The van der Waals surface area contributed by atoms with Crippen molar-refractivity contribution in [2.45, 2.75) is 66.1 Å². The number of fused-ring (bicyclic) bond motifs is 1. The molecule has 0 radical (unpaired) electrons. The zero-order valence-corrected chi connectivity index (χ0v) is 19.5. The fourth-order valence-corrected chi connectivity index (χ4v) is 4.11. The summed E-state index contributed by atoms with van der Waals surface area (Å²) in [6, 6.07) is 8.52. The van der Waals surface area contributed by atoms with Crippen LogP contribution in [0, 0.1) is 13.8 Å². The molecule has 31 heavy (non-hydrogen) atoms. The molecule has 168 valence electrons. The second-order valence-corrected chi connectivity index (χ2v) is 8.41. The Bertz CT molecular complexity index is 907. The Labute approximate surface area is 185 Å². The molecular formula is C24H36N6O. The van der Waals surface area contributed by atoms with Gasteiger partial charge in [0.1, 0.15) is 0 Å². The smallest absolute Gasteiger partial charge is 0.223 e. The molecule has 1 aromatic carbocycles. The van der Waals surface area contributed by atoms with E-state index in [-0.39, 0.29) is 11.9 Å². The third kappa shape index (κ3) is 5.87. The van der Waals surface area contributed by atoms with Crippen LogP contribution in [-0.4, -0.2) is 45.7 Å². The highest BCUT2D eigenvalue weighted by atomic mass is 16.2. The molecule has 0 bridgehead atoms. The van der Waals surface area contributed by atoms with Crippen molar-refractivity contribution in [2.75, 3.05) is 13.1 Å². The van der Waals surface area contributed by atoms with E-state index < -0.39 is 0 Å². The van der Waals surface area contributed by atoms with Crippen LogP contribution in [0.1, 0.15) is 54.8 Å². The van der Waals surface area contributed by atoms with Gasteiger partial charge in [-0.05, 0) is 57.2 Å². The number of nitrogens with zero attached hydrogens (tertiary/aromatic N) is 4. The Balaban J connectivity index is 1.46. The summed E-state index contributed by atoms with van der Waals surface area (Å²) in [6.07, 6.45) is 2.17. The quantitative estimate of drug-likeness (QED) is 0.388. The lowest BCUT2D eigenvalue weighted by molar-refractivity contribution is -0.131. The maximum absolute atomic E-state index is 12.6. The van der Waals surface area contributed by atoms with E-state index >= 15 is 0 Å². The predicted octanol–water partition coefficient (Wildman–Crippen LogP) is 2.85. The van der Waals surface area contributed by atoms with Crippen molar-refractivity contribution in [1.82, 2.24) is 25.3 Å². The Hall–Kier alpha value is -2.83. The minimum atomic E-state index is 0.209. The van der Waals surface area contributed by atoms with Crippen LogP contribution in [0.4, 0.5) is 0 Å². The summed E-state index contributed by atoms with van der Waals surface area (Å²) in [4.78, 5) is 19.2. The first-order chi connectivity index (χ1) is 14.9. The molecule has 0 fully saturated rings. The summed E-state index contributed by atoms with van der Waals surface area (Å²) in [5.41, 5.74) is 6.10.